The van der Waals surface area contributed by atoms with Gasteiger partial charge in [-0.2, -0.15) is 5.10 Å². The van der Waals surface area contributed by atoms with Crippen LogP contribution in [0.1, 0.15) is 0 Å². The van der Waals surface area contributed by atoms with Gasteiger partial charge in [-0.1, -0.05) is 18.2 Å². The standard InChI is InChI=1S/C14H11IN4/c15-12-4-2-1-3-11(12)14-17-13(18-19-14)9-5-7-10(16)8-6-9/h1-8H,16H2,(H,17,18,19). The molecule has 3 rings (SSSR count). The van der Waals surface area contributed by atoms with Crippen molar-refractivity contribution in [1.82, 2.24) is 15.2 Å². The predicted molar refractivity (Wildman–Crippen MR) is 84.4 cm³/mol. The van der Waals surface area contributed by atoms with Gasteiger partial charge in [0, 0.05) is 20.4 Å². The van der Waals surface area contributed by atoms with E-state index in [4.69, 9.17) is 5.73 Å². The zero-order valence-electron chi connectivity index (χ0n) is 9.97. The number of benzene rings is 2. The molecule has 19 heavy (non-hydrogen) atoms. The van der Waals surface area contributed by atoms with Crippen molar-refractivity contribution in [2.24, 2.45) is 0 Å². The minimum absolute atomic E-state index is 0.676. The molecule has 0 radical (unpaired) electrons. The molecule has 0 fully saturated rings. The fourth-order valence-electron chi connectivity index (χ4n) is 1.80. The number of hydrogen-bond donors (Lipinski definition) is 2. The largest absolute Gasteiger partial charge is 0.399 e. The Balaban J connectivity index is 2.00. The van der Waals surface area contributed by atoms with Crippen LogP contribution in [0, 0.1) is 3.57 Å². The molecule has 0 bridgehead atoms. The second kappa shape index (κ2) is 5.00. The third kappa shape index (κ3) is 2.46. The summed E-state index contributed by atoms with van der Waals surface area (Å²) in [4.78, 5) is 4.53. The van der Waals surface area contributed by atoms with Crippen LogP contribution in [0.25, 0.3) is 22.8 Å². The molecular formula is C14H11IN4. The van der Waals surface area contributed by atoms with Gasteiger partial charge >= 0.3 is 0 Å². The number of rotatable bonds is 2. The lowest BCUT2D eigenvalue weighted by Gasteiger charge is -1.98. The van der Waals surface area contributed by atoms with E-state index in [1.165, 1.54) is 0 Å². The van der Waals surface area contributed by atoms with Crippen LogP contribution in [0.15, 0.2) is 48.5 Å². The molecule has 2 aromatic carbocycles. The number of anilines is 1. The Kier molecular flexibility index (Phi) is 3.20. The van der Waals surface area contributed by atoms with Gasteiger partial charge in [0.05, 0.1) is 0 Å². The summed E-state index contributed by atoms with van der Waals surface area (Å²) < 4.78 is 1.14. The Morgan fingerprint density at radius 3 is 2.47 bits per heavy atom. The maximum absolute atomic E-state index is 5.67. The number of nitrogens with zero attached hydrogens (tertiary/aromatic N) is 2. The number of aromatic amines is 1. The highest BCUT2D eigenvalue weighted by Gasteiger charge is 2.09. The van der Waals surface area contributed by atoms with E-state index in [9.17, 15) is 0 Å². The monoisotopic (exact) mass is 362 g/mol. The number of nitrogen functional groups attached to an aromatic ring is 1. The normalized spacial score (nSPS) is 10.6. The molecule has 0 atom stereocenters. The van der Waals surface area contributed by atoms with E-state index in [1.54, 1.807) is 0 Å². The summed E-state index contributed by atoms with van der Waals surface area (Å²) in [7, 11) is 0. The fraction of sp³-hybridized carbons (Fsp3) is 0. The number of nitrogens with one attached hydrogen (secondary N) is 1. The van der Waals surface area contributed by atoms with Crippen molar-refractivity contribution in [3.05, 3.63) is 52.1 Å². The van der Waals surface area contributed by atoms with Crippen LogP contribution in [0.5, 0.6) is 0 Å². The van der Waals surface area contributed by atoms with E-state index < -0.39 is 0 Å². The van der Waals surface area contributed by atoms with Crippen LogP contribution in [0.3, 0.4) is 0 Å². The summed E-state index contributed by atoms with van der Waals surface area (Å²) in [5.41, 5.74) is 8.40. The topological polar surface area (TPSA) is 67.6 Å². The maximum Gasteiger partial charge on any atom is 0.181 e. The van der Waals surface area contributed by atoms with Crippen LogP contribution in [-0.2, 0) is 0 Å². The molecule has 5 heteroatoms. The summed E-state index contributed by atoms with van der Waals surface area (Å²) in [5.74, 6) is 1.45. The molecule has 3 aromatic rings. The molecule has 0 spiro atoms. The SMILES string of the molecule is Nc1ccc(-c2n[nH]c(-c3ccccc3I)n2)cc1. The molecule has 94 valence electrons. The van der Waals surface area contributed by atoms with Crippen molar-refractivity contribution in [3.63, 3.8) is 0 Å². The lowest BCUT2D eigenvalue weighted by molar-refractivity contribution is 1.10. The van der Waals surface area contributed by atoms with Gasteiger partial charge in [0.15, 0.2) is 11.6 Å². The van der Waals surface area contributed by atoms with Crippen molar-refractivity contribution in [1.29, 1.82) is 0 Å². The smallest absolute Gasteiger partial charge is 0.181 e. The first-order chi connectivity index (χ1) is 9.24. The van der Waals surface area contributed by atoms with E-state index >= 15 is 0 Å². The zero-order valence-corrected chi connectivity index (χ0v) is 12.1. The molecule has 0 aliphatic carbocycles. The highest BCUT2D eigenvalue weighted by molar-refractivity contribution is 14.1. The van der Waals surface area contributed by atoms with Crippen LogP contribution in [0.2, 0.25) is 0 Å². The molecule has 0 unspecified atom stereocenters. The van der Waals surface area contributed by atoms with Crippen LogP contribution in [0.4, 0.5) is 5.69 Å². The van der Waals surface area contributed by atoms with Crippen LogP contribution in [-0.4, -0.2) is 15.2 Å². The number of halogens is 1. The van der Waals surface area contributed by atoms with Gasteiger partial charge in [0.1, 0.15) is 0 Å². The van der Waals surface area contributed by atoms with Gasteiger partial charge < -0.3 is 5.73 Å². The first-order valence-electron chi connectivity index (χ1n) is 5.77. The molecule has 0 saturated carbocycles. The van der Waals surface area contributed by atoms with Gasteiger partial charge in [-0.05, 0) is 52.9 Å². The predicted octanol–water partition coefficient (Wildman–Crippen LogP) is 3.33. The number of nitrogens with two attached hydrogens (primary N) is 1. The Morgan fingerprint density at radius 1 is 1.00 bits per heavy atom. The average Bonchev–Trinajstić information content (AvgIpc) is 2.89. The van der Waals surface area contributed by atoms with Gasteiger partial charge in [0.25, 0.3) is 0 Å². The van der Waals surface area contributed by atoms with Gasteiger partial charge in [-0.3, -0.25) is 5.10 Å². The van der Waals surface area contributed by atoms with Crippen molar-refractivity contribution < 1.29 is 0 Å². The first kappa shape index (κ1) is 12.2. The van der Waals surface area contributed by atoms with E-state index in [0.717, 1.165) is 26.2 Å². The molecular weight excluding hydrogens is 351 g/mol. The third-order valence-corrected chi connectivity index (χ3v) is 3.72. The molecule has 1 aromatic heterocycles. The second-order valence-corrected chi connectivity index (χ2v) is 5.27. The minimum Gasteiger partial charge on any atom is -0.399 e. The van der Waals surface area contributed by atoms with Gasteiger partial charge in [-0.25, -0.2) is 4.98 Å². The molecule has 3 N–H and O–H groups in total. The lowest BCUT2D eigenvalue weighted by Crippen LogP contribution is -1.86. The first-order valence-corrected chi connectivity index (χ1v) is 6.85. The molecule has 0 aliphatic rings. The van der Waals surface area contributed by atoms with Gasteiger partial charge in [0.2, 0.25) is 0 Å². The Bertz CT molecular complexity index is 703. The van der Waals surface area contributed by atoms with E-state index in [1.807, 2.05) is 48.5 Å². The van der Waals surface area contributed by atoms with Gasteiger partial charge in [-0.15, -0.1) is 0 Å². The summed E-state index contributed by atoms with van der Waals surface area (Å²) in [6.45, 7) is 0. The molecule has 1 heterocycles. The maximum atomic E-state index is 5.67. The van der Waals surface area contributed by atoms with Crippen molar-refractivity contribution >= 4 is 28.3 Å². The Morgan fingerprint density at radius 2 is 1.74 bits per heavy atom. The molecule has 0 saturated heterocycles. The molecule has 0 amide bonds. The Hall–Kier alpha value is -1.89. The van der Waals surface area contributed by atoms with E-state index in [-0.39, 0.29) is 0 Å². The van der Waals surface area contributed by atoms with Crippen molar-refractivity contribution in [2.45, 2.75) is 0 Å². The quantitative estimate of drug-likeness (QED) is 0.543. The van der Waals surface area contributed by atoms with Crippen molar-refractivity contribution in [2.75, 3.05) is 5.73 Å². The number of aromatic nitrogens is 3. The summed E-state index contributed by atoms with van der Waals surface area (Å²) in [6, 6.07) is 15.6. The Labute approximate surface area is 124 Å². The third-order valence-electron chi connectivity index (χ3n) is 2.78. The second-order valence-electron chi connectivity index (χ2n) is 4.11. The van der Waals surface area contributed by atoms with Crippen LogP contribution >= 0.6 is 22.6 Å². The van der Waals surface area contributed by atoms with E-state index in [0.29, 0.717) is 5.82 Å². The molecule has 4 nitrogen and oxygen atoms in total. The fourth-order valence-corrected chi connectivity index (χ4v) is 2.44. The van der Waals surface area contributed by atoms with Crippen LogP contribution < -0.4 is 5.73 Å². The number of H-pyrrole nitrogens is 1. The van der Waals surface area contributed by atoms with Crippen molar-refractivity contribution in [3.8, 4) is 22.8 Å². The minimum atomic E-state index is 0.676. The highest BCUT2D eigenvalue weighted by Crippen LogP contribution is 2.24. The number of hydrogen-bond acceptors (Lipinski definition) is 3. The summed E-state index contributed by atoms with van der Waals surface area (Å²) >= 11 is 2.29. The molecule has 0 aliphatic heterocycles. The van der Waals surface area contributed by atoms with E-state index in [2.05, 4.69) is 37.8 Å². The summed E-state index contributed by atoms with van der Waals surface area (Å²) in [5, 5.41) is 7.23. The zero-order chi connectivity index (χ0) is 13.2. The summed E-state index contributed by atoms with van der Waals surface area (Å²) in [6.07, 6.45) is 0. The highest BCUT2D eigenvalue weighted by atomic mass is 127. The lowest BCUT2D eigenvalue weighted by atomic mass is 10.2. The average molecular weight is 362 g/mol.